The molecule has 0 radical (unpaired) electrons. The van der Waals surface area contributed by atoms with E-state index in [1.807, 2.05) is 12.1 Å². The first-order valence-electron chi connectivity index (χ1n) is 6.18. The van der Waals surface area contributed by atoms with Gasteiger partial charge in [0.2, 0.25) is 0 Å². The molecule has 3 nitrogen and oxygen atoms in total. The minimum Gasteiger partial charge on any atom is -0.388 e. The standard InChI is InChI=1S/C14H20O3/c1-10(2)11-3-5-12(6-4-11)13(15)9-14-16-7-8-17-14/h3-6,10,13-15H,7-9H2,1-2H3. The monoisotopic (exact) mass is 236 g/mol. The maximum absolute atomic E-state index is 10.1. The van der Waals surface area contributed by atoms with E-state index in [0.717, 1.165) is 5.56 Å². The summed E-state index contributed by atoms with van der Waals surface area (Å²) in [5, 5.41) is 10.1. The lowest BCUT2D eigenvalue weighted by molar-refractivity contribution is -0.0707. The van der Waals surface area contributed by atoms with Gasteiger partial charge in [-0.25, -0.2) is 0 Å². The molecule has 0 spiro atoms. The second-order valence-corrected chi connectivity index (χ2v) is 4.74. The van der Waals surface area contributed by atoms with Crippen molar-refractivity contribution in [3.8, 4) is 0 Å². The summed E-state index contributed by atoms with van der Waals surface area (Å²) in [4.78, 5) is 0. The Morgan fingerprint density at radius 1 is 1.12 bits per heavy atom. The fourth-order valence-electron chi connectivity index (χ4n) is 1.96. The summed E-state index contributed by atoms with van der Waals surface area (Å²) in [5.41, 5.74) is 2.21. The molecule has 1 atom stereocenters. The van der Waals surface area contributed by atoms with E-state index >= 15 is 0 Å². The van der Waals surface area contributed by atoms with Crippen LogP contribution in [0.5, 0.6) is 0 Å². The van der Waals surface area contributed by atoms with Crippen molar-refractivity contribution in [1.29, 1.82) is 0 Å². The quantitative estimate of drug-likeness (QED) is 0.873. The summed E-state index contributed by atoms with van der Waals surface area (Å²) in [6, 6.07) is 8.10. The van der Waals surface area contributed by atoms with Gasteiger partial charge in [-0.15, -0.1) is 0 Å². The van der Waals surface area contributed by atoms with E-state index in [1.165, 1.54) is 5.56 Å². The predicted octanol–water partition coefficient (Wildman–Crippen LogP) is 2.61. The molecule has 1 aromatic rings. The number of aliphatic hydroxyl groups is 1. The van der Waals surface area contributed by atoms with Crippen LogP contribution >= 0.6 is 0 Å². The van der Waals surface area contributed by atoms with E-state index in [2.05, 4.69) is 26.0 Å². The minimum atomic E-state index is -0.515. The third-order valence-electron chi connectivity index (χ3n) is 3.09. The van der Waals surface area contributed by atoms with Crippen LogP contribution in [0.25, 0.3) is 0 Å². The molecular weight excluding hydrogens is 216 g/mol. The molecule has 1 aliphatic heterocycles. The first-order valence-corrected chi connectivity index (χ1v) is 6.18. The third kappa shape index (κ3) is 3.28. The lowest BCUT2D eigenvalue weighted by Crippen LogP contribution is -2.13. The summed E-state index contributed by atoms with van der Waals surface area (Å²) in [6.45, 7) is 5.57. The van der Waals surface area contributed by atoms with Gasteiger partial charge in [-0.05, 0) is 17.0 Å². The SMILES string of the molecule is CC(C)c1ccc(C(O)CC2OCCO2)cc1. The summed E-state index contributed by atoms with van der Waals surface area (Å²) in [6.07, 6.45) is -0.268. The number of aliphatic hydroxyl groups excluding tert-OH is 1. The van der Waals surface area contributed by atoms with Gasteiger partial charge in [-0.3, -0.25) is 0 Å². The average Bonchev–Trinajstić information content (AvgIpc) is 2.82. The zero-order valence-electron chi connectivity index (χ0n) is 10.4. The van der Waals surface area contributed by atoms with Crippen molar-refractivity contribution in [2.24, 2.45) is 0 Å². The van der Waals surface area contributed by atoms with Gasteiger partial charge in [0.25, 0.3) is 0 Å². The van der Waals surface area contributed by atoms with Crippen LogP contribution in [0, 0.1) is 0 Å². The number of hydrogen-bond acceptors (Lipinski definition) is 3. The molecule has 94 valence electrons. The van der Waals surface area contributed by atoms with Crippen LogP contribution in [0.4, 0.5) is 0 Å². The Bertz CT molecular complexity index is 339. The van der Waals surface area contributed by atoms with Crippen molar-refractivity contribution in [2.45, 2.75) is 38.6 Å². The Morgan fingerprint density at radius 3 is 2.18 bits per heavy atom. The molecule has 1 N–H and O–H groups in total. The van der Waals surface area contributed by atoms with Crippen LogP contribution in [0.15, 0.2) is 24.3 Å². The van der Waals surface area contributed by atoms with E-state index in [4.69, 9.17) is 9.47 Å². The maximum atomic E-state index is 10.1. The van der Waals surface area contributed by atoms with Gasteiger partial charge in [0.05, 0.1) is 19.3 Å². The normalized spacial score (nSPS) is 18.8. The fraction of sp³-hybridized carbons (Fsp3) is 0.571. The fourth-order valence-corrected chi connectivity index (χ4v) is 1.96. The van der Waals surface area contributed by atoms with Gasteiger partial charge in [-0.2, -0.15) is 0 Å². The van der Waals surface area contributed by atoms with Crippen molar-refractivity contribution in [2.75, 3.05) is 13.2 Å². The molecule has 1 aromatic carbocycles. The highest BCUT2D eigenvalue weighted by Gasteiger charge is 2.20. The molecule has 17 heavy (non-hydrogen) atoms. The molecule has 3 heteroatoms. The Balaban J connectivity index is 1.96. The van der Waals surface area contributed by atoms with Crippen LogP contribution in [-0.2, 0) is 9.47 Å². The summed E-state index contributed by atoms with van der Waals surface area (Å²) >= 11 is 0. The summed E-state index contributed by atoms with van der Waals surface area (Å²) < 4.78 is 10.6. The first kappa shape index (κ1) is 12.6. The van der Waals surface area contributed by atoms with E-state index in [9.17, 15) is 5.11 Å². The van der Waals surface area contributed by atoms with Crippen LogP contribution in [0.2, 0.25) is 0 Å². The van der Waals surface area contributed by atoms with Crippen LogP contribution in [0.3, 0.4) is 0 Å². The first-order chi connectivity index (χ1) is 8.16. The van der Waals surface area contributed by atoms with Crippen molar-refractivity contribution < 1.29 is 14.6 Å². The van der Waals surface area contributed by atoms with Gasteiger partial charge in [0.15, 0.2) is 6.29 Å². The molecule has 1 unspecified atom stereocenters. The Kier molecular flexibility index (Phi) is 4.15. The molecule has 1 heterocycles. The number of rotatable bonds is 4. The molecule has 0 bridgehead atoms. The lowest BCUT2D eigenvalue weighted by Gasteiger charge is -2.16. The number of benzene rings is 1. The number of ether oxygens (including phenoxy) is 2. The van der Waals surface area contributed by atoms with E-state index < -0.39 is 6.10 Å². The van der Waals surface area contributed by atoms with Gasteiger partial charge >= 0.3 is 0 Å². The van der Waals surface area contributed by atoms with Gasteiger partial charge in [0.1, 0.15) is 0 Å². The maximum Gasteiger partial charge on any atom is 0.160 e. The van der Waals surface area contributed by atoms with Crippen molar-refractivity contribution in [3.05, 3.63) is 35.4 Å². The van der Waals surface area contributed by atoms with Crippen molar-refractivity contribution in [1.82, 2.24) is 0 Å². The van der Waals surface area contributed by atoms with Gasteiger partial charge in [-0.1, -0.05) is 38.1 Å². The zero-order valence-corrected chi connectivity index (χ0v) is 10.4. The molecule has 1 saturated heterocycles. The highest BCUT2D eigenvalue weighted by Crippen LogP contribution is 2.24. The molecule has 2 rings (SSSR count). The average molecular weight is 236 g/mol. The largest absolute Gasteiger partial charge is 0.388 e. The highest BCUT2D eigenvalue weighted by atomic mass is 16.7. The summed E-state index contributed by atoms with van der Waals surface area (Å²) in [5.74, 6) is 0.516. The van der Waals surface area contributed by atoms with Crippen LogP contribution < -0.4 is 0 Å². The predicted molar refractivity (Wildman–Crippen MR) is 65.8 cm³/mol. The second-order valence-electron chi connectivity index (χ2n) is 4.74. The lowest BCUT2D eigenvalue weighted by atomic mass is 9.99. The van der Waals surface area contributed by atoms with E-state index in [0.29, 0.717) is 25.6 Å². The minimum absolute atomic E-state index is 0.255. The highest BCUT2D eigenvalue weighted by molar-refractivity contribution is 5.26. The third-order valence-corrected chi connectivity index (χ3v) is 3.09. The Morgan fingerprint density at radius 2 is 1.65 bits per heavy atom. The topological polar surface area (TPSA) is 38.7 Å². The zero-order chi connectivity index (χ0) is 12.3. The molecule has 0 amide bonds. The molecule has 1 aliphatic rings. The molecular formula is C14H20O3. The van der Waals surface area contributed by atoms with Crippen molar-refractivity contribution in [3.63, 3.8) is 0 Å². The van der Waals surface area contributed by atoms with E-state index in [-0.39, 0.29) is 6.29 Å². The Hall–Kier alpha value is -0.900. The van der Waals surface area contributed by atoms with Crippen LogP contribution in [-0.4, -0.2) is 24.6 Å². The smallest absolute Gasteiger partial charge is 0.160 e. The van der Waals surface area contributed by atoms with Crippen LogP contribution in [0.1, 0.15) is 43.4 Å². The second kappa shape index (κ2) is 5.63. The number of hydrogen-bond donors (Lipinski definition) is 1. The molecule has 0 aliphatic carbocycles. The van der Waals surface area contributed by atoms with Gasteiger partial charge < -0.3 is 14.6 Å². The molecule has 1 fully saturated rings. The van der Waals surface area contributed by atoms with Gasteiger partial charge in [0, 0.05) is 6.42 Å². The Labute approximate surface area is 102 Å². The molecule has 0 aromatic heterocycles. The summed E-state index contributed by atoms with van der Waals surface area (Å²) in [7, 11) is 0. The van der Waals surface area contributed by atoms with E-state index in [1.54, 1.807) is 0 Å². The molecule has 0 saturated carbocycles. The van der Waals surface area contributed by atoms with Crippen molar-refractivity contribution >= 4 is 0 Å².